The molecule has 0 unspecified atom stereocenters. The van der Waals surface area contributed by atoms with Crippen LogP contribution in [0, 0.1) is 5.82 Å². The summed E-state index contributed by atoms with van der Waals surface area (Å²) in [6.45, 7) is 8.62. The first-order chi connectivity index (χ1) is 13.1. The van der Waals surface area contributed by atoms with Gasteiger partial charge in [-0.25, -0.2) is 4.39 Å². The lowest BCUT2D eigenvalue weighted by Crippen LogP contribution is -2.07. The minimum Gasteiger partial charge on any atom is -0.355 e. The van der Waals surface area contributed by atoms with Crippen molar-refractivity contribution in [1.82, 2.24) is 15.5 Å². The minimum absolute atomic E-state index is 0.281. The first-order valence-electron chi connectivity index (χ1n) is 8.87. The van der Waals surface area contributed by atoms with Crippen LogP contribution in [0.25, 0.3) is 5.57 Å². The summed E-state index contributed by atoms with van der Waals surface area (Å²) in [4.78, 5) is 3.90. The Morgan fingerprint density at radius 1 is 1.26 bits per heavy atom. The number of nitrogens with zero attached hydrogens (tertiary/aromatic N) is 2. The van der Waals surface area contributed by atoms with Gasteiger partial charge < -0.3 is 10.6 Å². The lowest BCUT2D eigenvalue weighted by molar-refractivity contribution is 0.628. The number of rotatable bonds is 11. The molecule has 1 aromatic carbocycles. The highest BCUT2D eigenvalue weighted by molar-refractivity contribution is 5.68. The summed E-state index contributed by atoms with van der Waals surface area (Å²) in [7, 11) is 1.95. The molecular formula is C21H26FN5. The topological polar surface area (TPSA) is 65.1 Å². The molecule has 0 saturated heterocycles. The maximum atomic E-state index is 13.1. The zero-order chi connectivity index (χ0) is 19.5. The van der Waals surface area contributed by atoms with Gasteiger partial charge in [0.15, 0.2) is 0 Å². The van der Waals surface area contributed by atoms with Gasteiger partial charge >= 0.3 is 0 Å². The van der Waals surface area contributed by atoms with Crippen LogP contribution in [0.3, 0.4) is 0 Å². The van der Waals surface area contributed by atoms with Crippen molar-refractivity contribution in [3.8, 4) is 0 Å². The van der Waals surface area contributed by atoms with Crippen molar-refractivity contribution in [2.75, 3.05) is 18.9 Å². The van der Waals surface area contributed by atoms with Crippen LogP contribution in [0.4, 0.5) is 10.1 Å². The summed E-state index contributed by atoms with van der Waals surface area (Å²) in [6, 6.07) is 8.07. The van der Waals surface area contributed by atoms with E-state index in [0.717, 1.165) is 48.3 Å². The van der Waals surface area contributed by atoms with Crippen LogP contribution >= 0.6 is 0 Å². The molecule has 0 aliphatic heterocycles. The molecule has 0 fully saturated rings. The van der Waals surface area contributed by atoms with Crippen LogP contribution in [0.1, 0.15) is 25.0 Å². The molecule has 0 aliphatic carbocycles. The third kappa shape index (κ3) is 6.67. The maximum Gasteiger partial charge on any atom is 0.123 e. The molecule has 0 aliphatic rings. The number of halogens is 1. The Hall–Kier alpha value is -2.99. The second kappa shape index (κ2) is 10.9. The van der Waals surface area contributed by atoms with Gasteiger partial charge in [-0.05, 0) is 81.6 Å². The second-order valence-electron chi connectivity index (χ2n) is 6.07. The fraction of sp³-hybridized carbons (Fsp3) is 0.238. The van der Waals surface area contributed by atoms with Gasteiger partial charge in [0, 0.05) is 29.4 Å². The van der Waals surface area contributed by atoms with E-state index < -0.39 is 0 Å². The van der Waals surface area contributed by atoms with Crippen molar-refractivity contribution in [3.05, 3.63) is 78.2 Å². The number of allylic oxidation sites excluding steroid dienone is 2. The summed E-state index contributed by atoms with van der Waals surface area (Å²) in [6.07, 6.45) is 8.46. The van der Waals surface area contributed by atoms with E-state index in [-0.39, 0.29) is 5.82 Å². The molecule has 2 aromatic rings. The number of benzene rings is 1. The third-order valence-electron chi connectivity index (χ3n) is 4.00. The highest BCUT2D eigenvalue weighted by atomic mass is 19.1. The lowest BCUT2D eigenvalue weighted by Gasteiger charge is -2.12. The molecule has 2 rings (SSSR count). The minimum atomic E-state index is -0.281. The number of aromatic amines is 1. The van der Waals surface area contributed by atoms with Crippen LogP contribution in [0.5, 0.6) is 0 Å². The van der Waals surface area contributed by atoms with E-state index in [4.69, 9.17) is 0 Å². The zero-order valence-corrected chi connectivity index (χ0v) is 15.6. The Bertz CT molecular complexity index is 788. The molecule has 0 bridgehead atoms. The molecule has 0 amide bonds. The average Bonchev–Trinajstić information content (AvgIpc) is 3.20. The normalized spacial score (nSPS) is 12.1. The number of hydrogen-bond acceptors (Lipinski definition) is 4. The van der Waals surface area contributed by atoms with Gasteiger partial charge in [-0.3, -0.25) is 10.1 Å². The average molecular weight is 367 g/mol. The van der Waals surface area contributed by atoms with Crippen LogP contribution in [-0.2, 0) is 0 Å². The Kier molecular flexibility index (Phi) is 8.19. The second-order valence-corrected chi connectivity index (χ2v) is 6.07. The smallest absolute Gasteiger partial charge is 0.123 e. The highest BCUT2D eigenvalue weighted by Gasteiger charge is 2.08. The molecular weight excluding hydrogens is 341 g/mol. The third-order valence-corrected chi connectivity index (χ3v) is 4.00. The predicted octanol–water partition coefficient (Wildman–Crippen LogP) is 4.53. The molecule has 0 spiro atoms. The quantitative estimate of drug-likeness (QED) is 0.310. The van der Waals surface area contributed by atoms with E-state index in [1.807, 2.05) is 19.2 Å². The molecule has 6 heteroatoms. The number of anilines is 1. The van der Waals surface area contributed by atoms with Crippen molar-refractivity contribution < 1.29 is 4.39 Å². The highest BCUT2D eigenvalue weighted by Crippen LogP contribution is 2.24. The predicted molar refractivity (Wildman–Crippen MR) is 111 cm³/mol. The number of H-pyrrole nitrogens is 1. The summed E-state index contributed by atoms with van der Waals surface area (Å²) < 4.78 is 13.1. The number of hydrogen-bond donors (Lipinski definition) is 3. The van der Waals surface area contributed by atoms with Crippen molar-refractivity contribution in [3.63, 3.8) is 0 Å². The van der Waals surface area contributed by atoms with Gasteiger partial charge in [0.25, 0.3) is 0 Å². The molecule has 142 valence electrons. The van der Waals surface area contributed by atoms with E-state index in [0.29, 0.717) is 5.70 Å². The van der Waals surface area contributed by atoms with Crippen molar-refractivity contribution in [2.24, 2.45) is 4.99 Å². The van der Waals surface area contributed by atoms with Crippen LogP contribution in [-0.4, -0.2) is 30.5 Å². The molecule has 0 saturated carbocycles. The van der Waals surface area contributed by atoms with Crippen molar-refractivity contribution in [1.29, 1.82) is 0 Å². The Morgan fingerprint density at radius 2 is 2.04 bits per heavy atom. The number of nitrogens with one attached hydrogen (secondary N) is 3. The summed E-state index contributed by atoms with van der Waals surface area (Å²) in [5.74, 6) is -0.281. The Morgan fingerprint density at radius 3 is 2.67 bits per heavy atom. The van der Waals surface area contributed by atoms with Gasteiger partial charge in [0.05, 0.1) is 5.69 Å². The summed E-state index contributed by atoms with van der Waals surface area (Å²) in [5.41, 5.74) is 4.17. The van der Waals surface area contributed by atoms with Crippen LogP contribution < -0.4 is 10.6 Å². The van der Waals surface area contributed by atoms with Crippen molar-refractivity contribution >= 4 is 18.0 Å². The van der Waals surface area contributed by atoms with Gasteiger partial charge in [-0.1, -0.05) is 6.58 Å². The van der Waals surface area contributed by atoms with E-state index in [2.05, 4.69) is 39.1 Å². The summed E-state index contributed by atoms with van der Waals surface area (Å²) in [5, 5.41) is 13.5. The molecule has 0 atom stereocenters. The zero-order valence-electron chi connectivity index (χ0n) is 15.6. The lowest BCUT2D eigenvalue weighted by atomic mass is 10.0. The van der Waals surface area contributed by atoms with E-state index in [1.165, 1.54) is 12.1 Å². The number of unbranched alkanes of at least 4 members (excludes halogenated alkanes) is 1. The standard InChI is InChI=1S/C21H26FN5/c1-16(26-20-9-7-19(22)8-10-20)18(15-24-3)14-17(6-4-5-12-23-2)21-11-13-25-27-21/h7-11,13-15,23,26H,1,3-6,12H2,2H3,(H,25,27)/b17-14+,18-15+. The first-order valence-corrected chi connectivity index (χ1v) is 8.87. The van der Waals surface area contributed by atoms with Gasteiger partial charge in [0.1, 0.15) is 5.82 Å². The van der Waals surface area contributed by atoms with Gasteiger partial charge in [0.2, 0.25) is 0 Å². The largest absolute Gasteiger partial charge is 0.355 e. The molecule has 0 radical (unpaired) electrons. The van der Waals surface area contributed by atoms with Gasteiger partial charge in [-0.2, -0.15) is 5.10 Å². The summed E-state index contributed by atoms with van der Waals surface area (Å²) >= 11 is 0. The van der Waals surface area contributed by atoms with E-state index in [1.54, 1.807) is 24.5 Å². The van der Waals surface area contributed by atoms with Crippen LogP contribution in [0.15, 0.2) is 71.6 Å². The van der Waals surface area contributed by atoms with E-state index >= 15 is 0 Å². The van der Waals surface area contributed by atoms with Crippen molar-refractivity contribution in [2.45, 2.75) is 19.3 Å². The molecule has 3 N–H and O–H groups in total. The van der Waals surface area contributed by atoms with E-state index in [9.17, 15) is 4.39 Å². The fourth-order valence-corrected chi connectivity index (χ4v) is 2.60. The molecule has 27 heavy (non-hydrogen) atoms. The monoisotopic (exact) mass is 367 g/mol. The van der Waals surface area contributed by atoms with Gasteiger partial charge in [-0.15, -0.1) is 0 Å². The Labute approximate surface area is 159 Å². The molecule has 1 heterocycles. The SMILES string of the molecule is C=N/C=C(\C=C(/CCCCNC)c1cc[nH]n1)C(=C)Nc1ccc(F)cc1. The van der Waals surface area contributed by atoms with Crippen LogP contribution in [0.2, 0.25) is 0 Å². The molecule has 5 nitrogen and oxygen atoms in total. The fourth-order valence-electron chi connectivity index (χ4n) is 2.60. The number of aliphatic imine (C=N–C) groups is 1. The first kappa shape index (κ1) is 20.3. The maximum absolute atomic E-state index is 13.1. The number of aromatic nitrogens is 2. The Balaban J connectivity index is 2.19. The molecule has 1 aromatic heterocycles.